The Kier molecular flexibility index (Phi) is 6.42. The standard InChI is InChI=1S/C25H19ClF4N2O/c26-23-15-19-3-1-2-4-22(19)32(23)24(33)31(14-13-17-7-11-21(27)12-8-17)16-18-5-9-20(10-6-18)25(28,29)30/h1-12,15H,13-14,16H2. The average molecular weight is 475 g/mol. The highest BCUT2D eigenvalue weighted by Crippen LogP contribution is 2.29. The molecule has 1 amide bonds. The van der Waals surface area contributed by atoms with Crippen LogP contribution in [0.4, 0.5) is 22.4 Å². The van der Waals surface area contributed by atoms with Crippen molar-refractivity contribution in [2.24, 2.45) is 0 Å². The van der Waals surface area contributed by atoms with Crippen LogP contribution in [0.15, 0.2) is 78.9 Å². The van der Waals surface area contributed by atoms with Crippen LogP contribution in [0, 0.1) is 5.82 Å². The molecule has 170 valence electrons. The van der Waals surface area contributed by atoms with Gasteiger partial charge in [-0.05, 0) is 53.9 Å². The van der Waals surface area contributed by atoms with Gasteiger partial charge in [-0.15, -0.1) is 0 Å². The minimum Gasteiger partial charge on any atom is -0.319 e. The van der Waals surface area contributed by atoms with E-state index in [4.69, 9.17) is 11.6 Å². The SMILES string of the molecule is O=C(N(CCc1ccc(F)cc1)Cc1ccc(C(F)(F)F)cc1)n1c(Cl)cc2ccccc21. The van der Waals surface area contributed by atoms with Gasteiger partial charge in [0.1, 0.15) is 11.0 Å². The summed E-state index contributed by atoms with van der Waals surface area (Å²) in [6, 6.07) is 19.2. The lowest BCUT2D eigenvalue weighted by atomic mass is 10.1. The largest absolute Gasteiger partial charge is 0.416 e. The fourth-order valence-corrected chi connectivity index (χ4v) is 3.91. The molecule has 0 radical (unpaired) electrons. The minimum absolute atomic E-state index is 0.0843. The Morgan fingerprint density at radius 1 is 0.909 bits per heavy atom. The lowest BCUT2D eigenvalue weighted by Gasteiger charge is -2.24. The summed E-state index contributed by atoms with van der Waals surface area (Å²) in [6.45, 7) is 0.343. The first-order chi connectivity index (χ1) is 15.7. The Balaban J connectivity index is 1.63. The molecule has 0 aliphatic rings. The maximum atomic E-state index is 13.5. The topological polar surface area (TPSA) is 25.2 Å². The van der Waals surface area contributed by atoms with Crippen LogP contribution in [0.25, 0.3) is 10.9 Å². The van der Waals surface area contributed by atoms with Gasteiger partial charge >= 0.3 is 12.2 Å². The predicted molar refractivity (Wildman–Crippen MR) is 120 cm³/mol. The molecule has 4 aromatic rings. The number of fused-ring (bicyclic) bond motifs is 1. The van der Waals surface area contributed by atoms with E-state index in [0.29, 0.717) is 17.5 Å². The molecule has 3 nitrogen and oxygen atoms in total. The number of hydrogen-bond acceptors (Lipinski definition) is 1. The summed E-state index contributed by atoms with van der Waals surface area (Å²) in [7, 11) is 0. The molecule has 0 bridgehead atoms. The molecular weight excluding hydrogens is 456 g/mol. The highest BCUT2D eigenvalue weighted by Gasteiger charge is 2.30. The third-order valence-corrected chi connectivity index (χ3v) is 5.64. The Bertz CT molecular complexity index is 1260. The molecule has 0 fully saturated rings. The molecule has 0 aliphatic heterocycles. The zero-order chi connectivity index (χ0) is 23.6. The molecule has 0 spiro atoms. The van der Waals surface area contributed by atoms with Crippen molar-refractivity contribution in [2.45, 2.75) is 19.1 Å². The molecule has 0 saturated carbocycles. The van der Waals surface area contributed by atoms with E-state index in [1.807, 2.05) is 12.1 Å². The van der Waals surface area contributed by atoms with Gasteiger partial charge < -0.3 is 4.90 Å². The van der Waals surface area contributed by atoms with Crippen molar-refractivity contribution in [1.29, 1.82) is 0 Å². The van der Waals surface area contributed by atoms with Crippen molar-refractivity contribution < 1.29 is 22.4 Å². The lowest BCUT2D eigenvalue weighted by molar-refractivity contribution is -0.137. The van der Waals surface area contributed by atoms with E-state index >= 15 is 0 Å². The van der Waals surface area contributed by atoms with E-state index < -0.39 is 17.8 Å². The van der Waals surface area contributed by atoms with Gasteiger partial charge in [0.25, 0.3) is 0 Å². The normalized spacial score (nSPS) is 11.7. The number of aromatic nitrogens is 1. The number of alkyl halides is 3. The van der Waals surface area contributed by atoms with Crippen LogP contribution in [0.5, 0.6) is 0 Å². The smallest absolute Gasteiger partial charge is 0.319 e. The first kappa shape index (κ1) is 22.9. The Hall–Kier alpha value is -3.32. The van der Waals surface area contributed by atoms with E-state index in [2.05, 4.69) is 0 Å². The molecule has 4 rings (SSSR count). The second-order valence-electron chi connectivity index (χ2n) is 7.64. The number of halogens is 5. The maximum Gasteiger partial charge on any atom is 0.416 e. The number of carbonyl (C=O) groups excluding carboxylic acids is 1. The summed E-state index contributed by atoms with van der Waals surface area (Å²) in [5.41, 5.74) is 1.25. The number of para-hydroxylation sites is 1. The molecule has 0 saturated heterocycles. The van der Waals surface area contributed by atoms with Crippen LogP contribution >= 0.6 is 11.6 Å². The fourth-order valence-electron chi connectivity index (χ4n) is 3.63. The van der Waals surface area contributed by atoms with E-state index in [9.17, 15) is 22.4 Å². The van der Waals surface area contributed by atoms with Gasteiger partial charge in [0.05, 0.1) is 11.1 Å². The maximum absolute atomic E-state index is 13.5. The molecule has 0 aliphatic carbocycles. The summed E-state index contributed by atoms with van der Waals surface area (Å²) in [6.07, 6.45) is -4.00. The molecular formula is C25H19ClF4N2O. The van der Waals surface area contributed by atoms with Gasteiger partial charge in [-0.25, -0.2) is 9.18 Å². The van der Waals surface area contributed by atoms with Crippen molar-refractivity contribution >= 4 is 28.5 Å². The molecule has 0 N–H and O–H groups in total. The highest BCUT2D eigenvalue weighted by atomic mass is 35.5. The molecule has 0 unspecified atom stereocenters. The van der Waals surface area contributed by atoms with Gasteiger partial charge in [0.15, 0.2) is 0 Å². The zero-order valence-electron chi connectivity index (χ0n) is 17.3. The third kappa shape index (κ3) is 5.20. The molecule has 1 aromatic heterocycles. The van der Waals surface area contributed by atoms with Crippen LogP contribution in [-0.4, -0.2) is 22.0 Å². The summed E-state index contributed by atoms with van der Waals surface area (Å²) >= 11 is 6.36. The van der Waals surface area contributed by atoms with E-state index in [-0.39, 0.29) is 24.1 Å². The van der Waals surface area contributed by atoms with Crippen molar-refractivity contribution in [3.63, 3.8) is 0 Å². The van der Waals surface area contributed by atoms with Gasteiger partial charge in [0, 0.05) is 18.5 Å². The van der Waals surface area contributed by atoms with Gasteiger partial charge in [-0.2, -0.15) is 13.2 Å². The van der Waals surface area contributed by atoms with Gasteiger partial charge in [0.2, 0.25) is 0 Å². The minimum atomic E-state index is -4.44. The van der Waals surface area contributed by atoms with E-state index in [1.165, 1.54) is 33.7 Å². The molecule has 33 heavy (non-hydrogen) atoms. The fraction of sp³-hybridized carbons (Fsp3) is 0.160. The Morgan fingerprint density at radius 2 is 1.55 bits per heavy atom. The Labute approximate surface area is 192 Å². The van der Waals surface area contributed by atoms with Crippen molar-refractivity contribution in [2.75, 3.05) is 6.54 Å². The second kappa shape index (κ2) is 9.27. The highest BCUT2D eigenvalue weighted by molar-refractivity contribution is 6.32. The number of amides is 1. The van der Waals surface area contributed by atoms with E-state index in [1.54, 1.807) is 30.3 Å². The monoisotopic (exact) mass is 474 g/mol. The molecule has 1 heterocycles. The van der Waals surface area contributed by atoms with Crippen LogP contribution in [0.2, 0.25) is 5.15 Å². The van der Waals surface area contributed by atoms with Crippen LogP contribution in [0.1, 0.15) is 16.7 Å². The van der Waals surface area contributed by atoms with Crippen molar-refractivity contribution in [3.8, 4) is 0 Å². The Morgan fingerprint density at radius 3 is 2.21 bits per heavy atom. The number of carbonyl (C=O) groups is 1. The molecule has 3 aromatic carbocycles. The number of benzene rings is 3. The van der Waals surface area contributed by atoms with Crippen LogP contribution in [0.3, 0.4) is 0 Å². The van der Waals surface area contributed by atoms with Gasteiger partial charge in [-0.3, -0.25) is 4.57 Å². The summed E-state index contributed by atoms with van der Waals surface area (Å²) in [5, 5.41) is 1.03. The molecule has 0 atom stereocenters. The van der Waals surface area contributed by atoms with Crippen LogP contribution in [-0.2, 0) is 19.1 Å². The summed E-state index contributed by atoms with van der Waals surface area (Å²) in [5.74, 6) is -0.359. The second-order valence-corrected chi connectivity index (χ2v) is 8.02. The third-order valence-electron chi connectivity index (χ3n) is 5.37. The van der Waals surface area contributed by atoms with Gasteiger partial charge in [-0.1, -0.05) is 54.1 Å². The first-order valence-electron chi connectivity index (χ1n) is 10.2. The van der Waals surface area contributed by atoms with Crippen molar-refractivity contribution in [1.82, 2.24) is 9.47 Å². The average Bonchev–Trinajstić information content (AvgIpc) is 3.12. The quantitative estimate of drug-likeness (QED) is 0.281. The molecule has 8 heteroatoms. The summed E-state index contributed by atoms with van der Waals surface area (Å²) < 4.78 is 53.4. The first-order valence-corrected chi connectivity index (χ1v) is 10.6. The predicted octanol–water partition coefficient (Wildman–Crippen LogP) is 7.17. The van der Waals surface area contributed by atoms with Crippen molar-refractivity contribution in [3.05, 3.63) is 107 Å². The summed E-state index contributed by atoms with van der Waals surface area (Å²) in [4.78, 5) is 15.0. The number of hydrogen-bond donors (Lipinski definition) is 0. The number of nitrogens with zero attached hydrogens (tertiary/aromatic N) is 2. The number of rotatable bonds is 5. The zero-order valence-corrected chi connectivity index (χ0v) is 18.1. The lowest BCUT2D eigenvalue weighted by Crippen LogP contribution is -2.36. The van der Waals surface area contributed by atoms with E-state index in [0.717, 1.165) is 23.1 Å². The van der Waals surface area contributed by atoms with Crippen LogP contribution < -0.4 is 0 Å².